The molecular formula is C24H26N6O6. The van der Waals surface area contributed by atoms with E-state index in [2.05, 4.69) is 25.6 Å². The molecule has 1 aromatic carbocycles. The summed E-state index contributed by atoms with van der Waals surface area (Å²) in [5, 5.41) is 14.5. The van der Waals surface area contributed by atoms with Crippen molar-refractivity contribution < 1.29 is 28.9 Å². The maximum atomic E-state index is 12.0. The van der Waals surface area contributed by atoms with E-state index < -0.39 is 42.8 Å². The topological polar surface area (TPSA) is 150 Å². The number of carboxylic acid groups (broad SMARTS) is 1. The summed E-state index contributed by atoms with van der Waals surface area (Å²) >= 11 is 0. The van der Waals surface area contributed by atoms with Crippen LogP contribution < -0.4 is 10.6 Å². The molecule has 0 unspecified atom stereocenters. The van der Waals surface area contributed by atoms with Crippen molar-refractivity contribution >= 4 is 35.1 Å². The number of rotatable bonds is 8. The number of aliphatic carboxylic acids is 1. The molecule has 2 aliphatic rings. The number of aromatic nitrogens is 4. The van der Waals surface area contributed by atoms with Gasteiger partial charge in [-0.15, -0.1) is 0 Å². The lowest BCUT2D eigenvalue weighted by Crippen LogP contribution is -2.29. The Kier molecular flexibility index (Phi) is 6.89. The average Bonchev–Trinajstić information content (AvgIpc) is 3.56. The van der Waals surface area contributed by atoms with Gasteiger partial charge in [0.15, 0.2) is 29.5 Å². The number of ether oxygens (including phenoxy) is 3. The zero-order chi connectivity index (χ0) is 25.1. The third-order valence-corrected chi connectivity index (χ3v) is 5.96. The standard InChI is InChI=1S/C24H26N6O6/c1-2-25-24(33)29-21-18-22(27-12-26-21)30(13-28-18)23-20-19(15(34-23)9-10-16(31)32)35-17(36-20)11-8-14-6-4-3-5-7-14/h3-8,11-13,15,17,19-20,23H,2,9-10H2,1H3,(H,31,32)(H2,25,26,27,29,33)/b11-8+/t15-,17+,19-,20-,23-/m1/s1. The summed E-state index contributed by atoms with van der Waals surface area (Å²) in [5.74, 6) is -0.658. The van der Waals surface area contributed by atoms with E-state index in [1.54, 1.807) is 10.9 Å². The second kappa shape index (κ2) is 10.4. The number of hydrogen-bond acceptors (Lipinski definition) is 8. The number of carboxylic acids is 1. The minimum Gasteiger partial charge on any atom is -0.481 e. The minimum atomic E-state index is -0.917. The predicted octanol–water partition coefficient (Wildman–Crippen LogP) is 2.55. The lowest BCUT2D eigenvalue weighted by atomic mass is 10.1. The summed E-state index contributed by atoms with van der Waals surface area (Å²) in [6.45, 7) is 2.27. The molecule has 0 bridgehead atoms. The summed E-state index contributed by atoms with van der Waals surface area (Å²) in [5.41, 5.74) is 1.82. The molecule has 2 saturated heterocycles. The highest BCUT2D eigenvalue weighted by atomic mass is 16.8. The van der Waals surface area contributed by atoms with Crippen LogP contribution in [0.15, 0.2) is 49.1 Å². The molecule has 0 spiro atoms. The molecule has 0 saturated carbocycles. The highest BCUT2D eigenvalue weighted by molar-refractivity contribution is 5.95. The lowest BCUT2D eigenvalue weighted by molar-refractivity contribution is -0.141. The molecule has 0 aliphatic carbocycles. The number of fused-ring (bicyclic) bond motifs is 2. The molecular weight excluding hydrogens is 468 g/mol. The van der Waals surface area contributed by atoms with Crippen molar-refractivity contribution in [3.63, 3.8) is 0 Å². The van der Waals surface area contributed by atoms with E-state index in [-0.39, 0.29) is 18.7 Å². The van der Waals surface area contributed by atoms with Gasteiger partial charge in [0.25, 0.3) is 0 Å². The van der Waals surface area contributed by atoms with E-state index in [1.807, 2.05) is 49.4 Å². The zero-order valence-electron chi connectivity index (χ0n) is 19.5. The number of nitrogens with zero attached hydrogens (tertiary/aromatic N) is 4. The van der Waals surface area contributed by atoms with E-state index in [0.717, 1.165) is 5.56 Å². The Hall–Kier alpha value is -3.87. The molecule has 3 N–H and O–H groups in total. The Balaban J connectivity index is 1.41. The Bertz CT molecular complexity index is 1260. The number of hydrogen-bond donors (Lipinski definition) is 3. The van der Waals surface area contributed by atoms with Gasteiger partial charge in [0.1, 0.15) is 18.5 Å². The number of nitrogens with one attached hydrogen (secondary N) is 2. The first-order chi connectivity index (χ1) is 17.5. The number of anilines is 1. The van der Waals surface area contributed by atoms with Gasteiger partial charge >= 0.3 is 12.0 Å². The molecule has 12 nitrogen and oxygen atoms in total. The minimum absolute atomic E-state index is 0.0675. The number of carbonyl (C=O) groups is 2. The fourth-order valence-corrected chi connectivity index (χ4v) is 4.37. The van der Waals surface area contributed by atoms with Crippen LogP contribution in [-0.2, 0) is 19.0 Å². The van der Waals surface area contributed by atoms with E-state index in [4.69, 9.17) is 14.2 Å². The van der Waals surface area contributed by atoms with Gasteiger partial charge in [0.05, 0.1) is 12.4 Å². The Labute approximate surface area is 206 Å². The third-order valence-electron chi connectivity index (χ3n) is 5.96. The van der Waals surface area contributed by atoms with E-state index in [1.165, 1.54) is 6.33 Å². The molecule has 12 heteroatoms. The smallest absolute Gasteiger partial charge is 0.320 e. The highest BCUT2D eigenvalue weighted by Gasteiger charge is 2.53. The summed E-state index contributed by atoms with van der Waals surface area (Å²) in [6, 6.07) is 9.36. The van der Waals surface area contributed by atoms with Gasteiger partial charge in [-0.3, -0.25) is 14.7 Å². The van der Waals surface area contributed by atoms with Crippen LogP contribution in [0.1, 0.15) is 31.6 Å². The Morgan fingerprint density at radius 2 is 1.92 bits per heavy atom. The fourth-order valence-electron chi connectivity index (χ4n) is 4.37. The van der Waals surface area contributed by atoms with E-state index >= 15 is 0 Å². The molecule has 2 aromatic heterocycles. The van der Waals surface area contributed by atoms with Crippen LogP contribution >= 0.6 is 0 Å². The zero-order valence-corrected chi connectivity index (χ0v) is 19.5. The maximum absolute atomic E-state index is 12.0. The summed E-state index contributed by atoms with van der Waals surface area (Å²) in [4.78, 5) is 36.1. The Morgan fingerprint density at radius 1 is 1.11 bits per heavy atom. The van der Waals surface area contributed by atoms with Gasteiger partial charge in [0.2, 0.25) is 0 Å². The molecule has 4 heterocycles. The van der Waals surface area contributed by atoms with Crippen LogP contribution in [-0.4, -0.2) is 67.8 Å². The van der Waals surface area contributed by atoms with Crippen LogP contribution in [0.2, 0.25) is 0 Å². The number of imidazole rings is 1. The van der Waals surface area contributed by atoms with Crippen molar-refractivity contribution in [1.29, 1.82) is 0 Å². The lowest BCUT2D eigenvalue weighted by Gasteiger charge is -2.20. The third kappa shape index (κ3) is 4.91. The van der Waals surface area contributed by atoms with Crippen LogP contribution in [0.3, 0.4) is 0 Å². The van der Waals surface area contributed by atoms with Crippen molar-refractivity contribution in [2.24, 2.45) is 0 Å². The quantitative estimate of drug-likeness (QED) is 0.429. The average molecular weight is 495 g/mol. The van der Waals surface area contributed by atoms with Gasteiger partial charge in [-0.05, 0) is 25.0 Å². The first-order valence-electron chi connectivity index (χ1n) is 11.7. The number of amides is 2. The molecule has 0 radical (unpaired) electrons. The van der Waals surface area contributed by atoms with Gasteiger partial charge < -0.3 is 24.6 Å². The van der Waals surface area contributed by atoms with Gasteiger partial charge in [0, 0.05) is 13.0 Å². The highest BCUT2D eigenvalue weighted by Crippen LogP contribution is 2.42. The molecule has 36 heavy (non-hydrogen) atoms. The summed E-state index contributed by atoms with van der Waals surface area (Å²) in [6.07, 6.45) is 3.99. The first kappa shape index (κ1) is 23.9. The number of carbonyl (C=O) groups excluding carboxylic acids is 1. The molecule has 3 aromatic rings. The normalized spacial score (nSPS) is 25.3. The van der Waals surface area contributed by atoms with Crippen molar-refractivity contribution in [2.75, 3.05) is 11.9 Å². The SMILES string of the molecule is CCNC(=O)Nc1ncnc2c1ncn2[C@@H]1O[C@H](CCC(=O)O)[C@H]2O[C@H](/C=C/c3ccccc3)O[C@H]21. The van der Waals surface area contributed by atoms with Crippen molar-refractivity contribution in [1.82, 2.24) is 24.8 Å². The van der Waals surface area contributed by atoms with Crippen molar-refractivity contribution in [3.8, 4) is 0 Å². The monoisotopic (exact) mass is 494 g/mol. The van der Waals surface area contributed by atoms with Crippen LogP contribution in [0.4, 0.5) is 10.6 Å². The number of benzene rings is 1. The molecule has 188 valence electrons. The fraction of sp³-hybridized carbons (Fsp3) is 0.375. The summed E-state index contributed by atoms with van der Waals surface area (Å²) in [7, 11) is 0. The van der Waals surface area contributed by atoms with E-state index in [9.17, 15) is 14.7 Å². The van der Waals surface area contributed by atoms with Gasteiger partial charge in [-0.1, -0.05) is 36.4 Å². The molecule has 5 rings (SSSR count). The van der Waals surface area contributed by atoms with Crippen LogP contribution in [0.25, 0.3) is 17.2 Å². The maximum Gasteiger partial charge on any atom is 0.320 e. The number of urea groups is 1. The molecule has 2 fully saturated rings. The van der Waals surface area contributed by atoms with Gasteiger partial charge in [-0.25, -0.2) is 19.7 Å². The predicted molar refractivity (Wildman–Crippen MR) is 128 cm³/mol. The molecule has 2 amide bonds. The van der Waals surface area contributed by atoms with Gasteiger partial charge in [-0.2, -0.15) is 0 Å². The van der Waals surface area contributed by atoms with Crippen molar-refractivity contribution in [3.05, 3.63) is 54.6 Å². The van der Waals surface area contributed by atoms with Crippen LogP contribution in [0, 0.1) is 0 Å². The van der Waals surface area contributed by atoms with Crippen LogP contribution in [0.5, 0.6) is 0 Å². The molecule has 5 atom stereocenters. The Morgan fingerprint density at radius 3 is 2.69 bits per heavy atom. The largest absolute Gasteiger partial charge is 0.481 e. The second-order valence-electron chi connectivity index (χ2n) is 8.37. The van der Waals surface area contributed by atoms with E-state index in [0.29, 0.717) is 17.7 Å². The summed E-state index contributed by atoms with van der Waals surface area (Å²) < 4.78 is 20.3. The molecule has 2 aliphatic heterocycles. The first-order valence-corrected chi connectivity index (χ1v) is 11.7. The second-order valence-corrected chi connectivity index (χ2v) is 8.37. The van der Waals surface area contributed by atoms with Crippen molar-refractivity contribution in [2.45, 2.75) is 50.6 Å².